The first kappa shape index (κ1) is 25.5. The molecule has 0 aromatic heterocycles. The van der Waals surface area contributed by atoms with Crippen LogP contribution in [0.3, 0.4) is 0 Å². The Bertz CT molecular complexity index is 764. The van der Waals surface area contributed by atoms with E-state index in [2.05, 4.69) is 16.0 Å². The number of benzene rings is 1. The molecule has 0 radical (unpaired) electrons. The smallest absolute Gasteiger partial charge is 0.326 e. The molecular formula is C23H33F2N3O4. The molecule has 32 heavy (non-hydrogen) atoms. The Morgan fingerprint density at radius 1 is 1.03 bits per heavy atom. The third-order valence-corrected chi connectivity index (χ3v) is 5.75. The zero-order chi connectivity index (χ0) is 23.5. The van der Waals surface area contributed by atoms with Crippen molar-refractivity contribution in [3.63, 3.8) is 0 Å². The van der Waals surface area contributed by atoms with E-state index in [1.54, 1.807) is 0 Å². The largest absolute Gasteiger partial charge is 0.480 e. The molecule has 178 valence electrons. The Kier molecular flexibility index (Phi) is 10.4. The van der Waals surface area contributed by atoms with Gasteiger partial charge < -0.3 is 21.1 Å². The second kappa shape index (κ2) is 13.0. The van der Waals surface area contributed by atoms with E-state index in [-0.39, 0.29) is 18.0 Å². The Balaban J connectivity index is 2.02. The van der Waals surface area contributed by atoms with Crippen LogP contribution in [0.2, 0.25) is 0 Å². The molecule has 4 N–H and O–H groups in total. The number of amides is 3. The molecule has 9 heteroatoms. The molecule has 1 saturated carbocycles. The summed E-state index contributed by atoms with van der Waals surface area (Å²) >= 11 is 0. The number of urea groups is 1. The maximum Gasteiger partial charge on any atom is 0.326 e. The Morgan fingerprint density at radius 3 is 2.25 bits per heavy atom. The molecule has 1 aliphatic carbocycles. The molecule has 0 heterocycles. The molecule has 1 fully saturated rings. The number of unbranched alkanes of at least 4 members (excludes halogenated alkanes) is 1. The lowest BCUT2D eigenvalue weighted by Crippen LogP contribution is -2.53. The van der Waals surface area contributed by atoms with Gasteiger partial charge in [-0.05, 0) is 36.5 Å². The van der Waals surface area contributed by atoms with Gasteiger partial charge in [0.2, 0.25) is 5.91 Å². The van der Waals surface area contributed by atoms with E-state index < -0.39 is 41.6 Å². The average molecular weight is 454 g/mol. The third kappa shape index (κ3) is 8.80. The highest BCUT2D eigenvalue weighted by atomic mass is 19.1. The van der Waals surface area contributed by atoms with Crippen molar-refractivity contribution < 1.29 is 28.3 Å². The fourth-order valence-electron chi connectivity index (χ4n) is 4.04. The van der Waals surface area contributed by atoms with E-state index in [9.17, 15) is 28.3 Å². The van der Waals surface area contributed by atoms with Crippen LogP contribution in [0.4, 0.5) is 13.6 Å². The molecular weight excluding hydrogens is 420 g/mol. The van der Waals surface area contributed by atoms with Crippen LogP contribution in [0.15, 0.2) is 18.2 Å². The number of hydrogen-bond donors (Lipinski definition) is 4. The molecule has 0 spiro atoms. The highest BCUT2D eigenvalue weighted by Gasteiger charge is 2.27. The van der Waals surface area contributed by atoms with Gasteiger partial charge >= 0.3 is 12.0 Å². The summed E-state index contributed by atoms with van der Waals surface area (Å²) in [6, 6.07) is 0.373. The lowest BCUT2D eigenvalue weighted by molar-refractivity contribution is -0.139. The van der Waals surface area contributed by atoms with Crippen LogP contribution in [0.25, 0.3) is 0 Å². The average Bonchev–Trinajstić information content (AvgIpc) is 2.74. The molecule has 0 saturated heterocycles. The van der Waals surface area contributed by atoms with Crippen LogP contribution in [-0.2, 0) is 16.1 Å². The molecule has 7 nitrogen and oxygen atoms in total. The standard InChI is InChI=1S/C23H33F2N3O4/c1-2-3-9-19(22(30)31)27-23(32)28-20(12-15-7-5-4-6-8-15)21(29)26-14-16-10-17(24)13-18(25)11-16/h10-11,13,15,19-20H,2-9,12,14H2,1H3,(H,26,29)(H,30,31)(H2,27,28,32)/t19?,20-/m1/s1. The van der Waals surface area contributed by atoms with Gasteiger partial charge in [-0.1, -0.05) is 51.9 Å². The molecule has 3 amide bonds. The summed E-state index contributed by atoms with van der Waals surface area (Å²) in [7, 11) is 0. The van der Waals surface area contributed by atoms with Crippen molar-refractivity contribution >= 4 is 17.9 Å². The molecule has 0 bridgehead atoms. The van der Waals surface area contributed by atoms with Crippen molar-refractivity contribution in [3.8, 4) is 0 Å². The minimum Gasteiger partial charge on any atom is -0.480 e. The normalized spacial score (nSPS) is 16.1. The summed E-state index contributed by atoms with van der Waals surface area (Å²) in [5.41, 5.74) is 0.266. The van der Waals surface area contributed by atoms with Crippen molar-refractivity contribution in [2.24, 2.45) is 5.92 Å². The summed E-state index contributed by atoms with van der Waals surface area (Å²) in [5, 5.41) is 17.0. The molecule has 2 rings (SSSR count). The number of aliphatic carboxylic acids is 1. The van der Waals surface area contributed by atoms with Crippen LogP contribution in [0.5, 0.6) is 0 Å². The van der Waals surface area contributed by atoms with Gasteiger partial charge in [0.05, 0.1) is 0 Å². The Labute approximate surface area is 187 Å². The van der Waals surface area contributed by atoms with E-state index in [0.29, 0.717) is 19.3 Å². The van der Waals surface area contributed by atoms with E-state index in [0.717, 1.165) is 56.7 Å². The summed E-state index contributed by atoms with van der Waals surface area (Å²) < 4.78 is 26.8. The summed E-state index contributed by atoms with van der Waals surface area (Å²) in [5.74, 6) is -2.82. The van der Waals surface area contributed by atoms with Gasteiger partial charge in [0.1, 0.15) is 23.7 Å². The fourth-order valence-corrected chi connectivity index (χ4v) is 4.04. The fraction of sp³-hybridized carbons (Fsp3) is 0.609. The molecule has 1 unspecified atom stereocenters. The van der Waals surface area contributed by atoms with Crippen LogP contribution in [-0.4, -0.2) is 35.1 Å². The third-order valence-electron chi connectivity index (χ3n) is 5.75. The van der Waals surface area contributed by atoms with E-state index in [1.165, 1.54) is 0 Å². The van der Waals surface area contributed by atoms with Crippen LogP contribution >= 0.6 is 0 Å². The van der Waals surface area contributed by atoms with Gasteiger partial charge in [-0.25, -0.2) is 18.4 Å². The number of hydrogen-bond acceptors (Lipinski definition) is 3. The van der Waals surface area contributed by atoms with Crippen LogP contribution in [0, 0.1) is 17.6 Å². The number of carboxylic acid groups (broad SMARTS) is 1. The maximum absolute atomic E-state index is 13.4. The first-order chi connectivity index (χ1) is 15.3. The van der Waals surface area contributed by atoms with E-state index in [4.69, 9.17) is 0 Å². The highest BCUT2D eigenvalue weighted by molar-refractivity contribution is 5.88. The highest BCUT2D eigenvalue weighted by Crippen LogP contribution is 2.27. The van der Waals surface area contributed by atoms with Crippen molar-refractivity contribution in [3.05, 3.63) is 35.4 Å². The van der Waals surface area contributed by atoms with Gasteiger partial charge in [-0.2, -0.15) is 0 Å². The molecule has 0 aliphatic heterocycles. The van der Waals surface area contributed by atoms with Crippen molar-refractivity contribution in [1.82, 2.24) is 16.0 Å². The number of nitrogens with one attached hydrogen (secondary N) is 3. The molecule has 2 atom stereocenters. The van der Waals surface area contributed by atoms with Crippen LogP contribution in [0.1, 0.15) is 70.3 Å². The van der Waals surface area contributed by atoms with Gasteiger partial charge in [-0.3, -0.25) is 4.79 Å². The van der Waals surface area contributed by atoms with Gasteiger partial charge in [0.15, 0.2) is 0 Å². The zero-order valence-corrected chi connectivity index (χ0v) is 18.5. The number of halogens is 2. The number of rotatable bonds is 11. The number of carbonyl (C=O) groups is 3. The van der Waals surface area contributed by atoms with Crippen molar-refractivity contribution in [2.45, 2.75) is 83.3 Å². The first-order valence-electron chi connectivity index (χ1n) is 11.3. The summed E-state index contributed by atoms with van der Waals surface area (Å²) in [6.45, 7) is 1.83. The van der Waals surface area contributed by atoms with E-state index in [1.807, 2.05) is 6.92 Å². The number of carbonyl (C=O) groups excluding carboxylic acids is 2. The van der Waals surface area contributed by atoms with Crippen LogP contribution < -0.4 is 16.0 Å². The molecule has 1 aromatic carbocycles. The van der Waals surface area contributed by atoms with Gasteiger partial charge in [0.25, 0.3) is 0 Å². The second-order valence-corrected chi connectivity index (χ2v) is 8.44. The summed E-state index contributed by atoms with van der Waals surface area (Å²) in [4.78, 5) is 36.7. The lowest BCUT2D eigenvalue weighted by atomic mass is 9.84. The Hall–Kier alpha value is -2.71. The van der Waals surface area contributed by atoms with Gasteiger partial charge in [-0.15, -0.1) is 0 Å². The van der Waals surface area contributed by atoms with Gasteiger partial charge in [0, 0.05) is 12.6 Å². The predicted octanol–water partition coefficient (Wildman–Crippen LogP) is 3.86. The predicted molar refractivity (Wildman–Crippen MR) is 116 cm³/mol. The molecule has 1 aliphatic rings. The summed E-state index contributed by atoms with van der Waals surface area (Å²) in [6.07, 6.45) is 7.33. The topological polar surface area (TPSA) is 108 Å². The van der Waals surface area contributed by atoms with Crippen molar-refractivity contribution in [2.75, 3.05) is 0 Å². The maximum atomic E-state index is 13.4. The first-order valence-corrected chi connectivity index (χ1v) is 11.3. The van der Waals surface area contributed by atoms with E-state index >= 15 is 0 Å². The number of carboxylic acids is 1. The quantitative estimate of drug-likeness (QED) is 0.408. The Morgan fingerprint density at radius 2 is 1.66 bits per heavy atom. The lowest BCUT2D eigenvalue weighted by Gasteiger charge is -2.27. The second-order valence-electron chi connectivity index (χ2n) is 8.44. The minimum atomic E-state index is -1.13. The monoisotopic (exact) mass is 453 g/mol. The zero-order valence-electron chi connectivity index (χ0n) is 18.5. The minimum absolute atomic E-state index is 0.0910. The van der Waals surface area contributed by atoms with Crippen molar-refractivity contribution in [1.29, 1.82) is 0 Å². The molecule has 1 aromatic rings. The SMILES string of the molecule is CCCCC(NC(=O)N[C@H](CC1CCCCC1)C(=O)NCc1cc(F)cc(F)c1)C(=O)O.